The molecule has 14 heavy (non-hydrogen) atoms. The third kappa shape index (κ3) is 1.39. The molecule has 0 saturated carbocycles. The number of amides is 1. The van der Waals surface area contributed by atoms with Crippen LogP contribution in [0.1, 0.15) is 5.69 Å². The number of pyridine rings is 1. The zero-order valence-electron chi connectivity index (χ0n) is 7.57. The van der Waals surface area contributed by atoms with E-state index in [0.717, 1.165) is 11.2 Å². The number of nitrogens with two attached hydrogens (primary N) is 1. The highest BCUT2D eigenvalue weighted by Gasteiger charge is 2.08. The molecule has 0 aliphatic rings. The van der Waals surface area contributed by atoms with E-state index in [1.807, 2.05) is 19.1 Å². The lowest BCUT2D eigenvalue weighted by molar-refractivity contribution is 0.211. The molecule has 3 N–H and O–H groups in total. The molecule has 2 rings (SSSR count). The van der Waals surface area contributed by atoms with Gasteiger partial charge in [-0.3, -0.25) is 0 Å². The third-order valence-electron chi connectivity index (χ3n) is 1.84. The summed E-state index contributed by atoms with van der Waals surface area (Å²) in [6.45, 7) is 1.86. The van der Waals surface area contributed by atoms with Crippen LogP contribution >= 0.6 is 0 Å². The molecule has 5 nitrogen and oxygen atoms in total. The van der Waals surface area contributed by atoms with Crippen LogP contribution in [0.3, 0.4) is 0 Å². The minimum Gasteiger partial charge on any atom is -0.407 e. The maximum atomic E-state index is 10.6. The van der Waals surface area contributed by atoms with Crippen LogP contribution in [0.25, 0.3) is 11.0 Å². The van der Waals surface area contributed by atoms with Gasteiger partial charge in [0.05, 0.1) is 5.52 Å². The average Bonchev–Trinajstić information content (AvgIpc) is 2.47. The molecular formula is C9H9N3O2. The van der Waals surface area contributed by atoms with Gasteiger partial charge in [-0.2, -0.15) is 0 Å². The molecule has 0 saturated heterocycles. The van der Waals surface area contributed by atoms with E-state index in [0.29, 0.717) is 11.3 Å². The number of aromatic nitrogens is 2. The highest BCUT2D eigenvalue weighted by molar-refractivity contribution is 5.84. The van der Waals surface area contributed by atoms with Gasteiger partial charge in [0.25, 0.3) is 0 Å². The fourth-order valence-electron chi connectivity index (χ4n) is 1.26. The summed E-state index contributed by atoms with van der Waals surface area (Å²) in [6.07, 6.45) is 0.719. The molecule has 1 amide bonds. The van der Waals surface area contributed by atoms with Gasteiger partial charge in [-0.25, -0.2) is 9.78 Å². The average molecular weight is 191 g/mol. The number of rotatable bonds is 1. The van der Waals surface area contributed by atoms with E-state index in [4.69, 9.17) is 10.5 Å². The second kappa shape index (κ2) is 3.02. The number of nitrogens with one attached hydrogen (secondary N) is 1. The smallest absolute Gasteiger partial charge is 0.407 e. The number of primary amides is 1. The highest BCUT2D eigenvalue weighted by Crippen LogP contribution is 2.23. The Balaban J connectivity index is 2.55. The molecule has 2 heterocycles. The van der Waals surface area contributed by atoms with Crippen molar-refractivity contribution in [2.45, 2.75) is 6.92 Å². The van der Waals surface area contributed by atoms with E-state index in [-0.39, 0.29) is 0 Å². The Morgan fingerprint density at radius 3 is 3.07 bits per heavy atom. The third-order valence-corrected chi connectivity index (χ3v) is 1.84. The number of hydrogen-bond acceptors (Lipinski definition) is 3. The van der Waals surface area contributed by atoms with Crippen molar-refractivity contribution >= 4 is 17.1 Å². The van der Waals surface area contributed by atoms with Gasteiger partial charge < -0.3 is 15.5 Å². The van der Waals surface area contributed by atoms with E-state index < -0.39 is 6.09 Å². The maximum Gasteiger partial charge on any atom is 0.410 e. The molecule has 0 unspecified atom stereocenters. The van der Waals surface area contributed by atoms with Gasteiger partial charge in [0.2, 0.25) is 0 Å². The van der Waals surface area contributed by atoms with E-state index >= 15 is 0 Å². The van der Waals surface area contributed by atoms with Crippen molar-refractivity contribution in [3.63, 3.8) is 0 Å². The van der Waals surface area contributed by atoms with E-state index in [9.17, 15) is 4.79 Å². The fraction of sp³-hybridized carbons (Fsp3) is 0.111. The van der Waals surface area contributed by atoms with Crippen LogP contribution in [-0.2, 0) is 0 Å². The van der Waals surface area contributed by atoms with Crippen LogP contribution in [-0.4, -0.2) is 16.1 Å². The van der Waals surface area contributed by atoms with Crippen LogP contribution < -0.4 is 10.5 Å². The Kier molecular flexibility index (Phi) is 1.85. The normalized spacial score (nSPS) is 10.4. The van der Waals surface area contributed by atoms with Gasteiger partial charge in [0.1, 0.15) is 5.52 Å². The number of ether oxygens (including phenoxy) is 1. The minimum absolute atomic E-state index is 0.358. The van der Waals surface area contributed by atoms with Gasteiger partial charge in [0.15, 0.2) is 5.75 Å². The van der Waals surface area contributed by atoms with Gasteiger partial charge in [-0.05, 0) is 19.1 Å². The monoisotopic (exact) mass is 191 g/mol. The van der Waals surface area contributed by atoms with Crippen molar-refractivity contribution in [1.82, 2.24) is 9.97 Å². The Labute approximate surface area is 79.9 Å². The summed E-state index contributed by atoms with van der Waals surface area (Å²) in [7, 11) is 0. The Morgan fingerprint density at radius 1 is 1.57 bits per heavy atom. The molecule has 0 aliphatic heterocycles. The summed E-state index contributed by atoms with van der Waals surface area (Å²) < 4.78 is 4.77. The first kappa shape index (κ1) is 8.55. The van der Waals surface area contributed by atoms with Crippen molar-refractivity contribution in [2.75, 3.05) is 0 Å². The predicted molar refractivity (Wildman–Crippen MR) is 51.0 cm³/mol. The lowest BCUT2D eigenvalue weighted by atomic mass is 10.3. The summed E-state index contributed by atoms with van der Waals surface area (Å²) in [6, 6.07) is 3.73. The summed E-state index contributed by atoms with van der Waals surface area (Å²) in [5.41, 5.74) is 7.19. The molecule has 0 spiro atoms. The number of aryl methyl sites for hydroxylation is 1. The SMILES string of the molecule is Cc1ccc2[nH]cc(OC(N)=O)c2n1. The molecule has 0 fully saturated rings. The first-order chi connectivity index (χ1) is 6.66. The molecule has 0 atom stereocenters. The number of carbonyl (C=O) groups is 1. The van der Waals surface area contributed by atoms with Gasteiger partial charge in [-0.15, -0.1) is 0 Å². The second-order valence-electron chi connectivity index (χ2n) is 2.92. The summed E-state index contributed by atoms with van der Waals surface area (Å²) in [4.78, 5) is 17.7. The van der Waals surface area contributed by atoms with E-state index in [2.05, 4.69) is 9.97 Å². The number of hydrogen-bond donors (Lipinski definition) is 2. The van der Waals surface area contributed by atoms with Gasteiger partial charge >= 0.3 is 6.09 Å². The largest absolute Gasteiger partial charge is 0.410 e. The van der Waals surface area contributed by atoms with Crippen LogP contribution in [0.4, 0.5) is 4.79 Å². The van der Waals surface area contributed by atoms with Crippen molar-refractivity contribution in [3.05, 3.63) is 24.0 Å². The molecule has 2 aromatic rings. The molecule has 2 aromatic heterocycles. The molecule has 0 aromatic carbocycles. The van der Waals surface area contributed by atoms with Crippen LogP contribution in [0.5, 0.6) is 5.75 Å². The van der Waals surface area contributed by atoms with Gasteiger partial charge in [-0.1, -0.05) is 0 Å². The summed E-state index contributed by atoms with van der Waals surface area (Å²) in [5.74, 6) is 0.358. The first-order valence-electron chi connectivity index (χ1n) is 4.09. The summed E-state index contributed by atoms with van der Waals surface area (Å²) >= 11 is 0. The molecule has 72 valence electrons. The number of fused-ring (bicyclic) bond motifs is 1. The maximum absolute atomic E-state index is 10.6. The van der Waals surface area contributed by atoms with Crippen LogP contribution in [0.2, 0.25) is 0 Å². The van der Waals surface area contributed by atoms with Crippen molar-refractivity contribution < 1.29 is 9.53 Å². The molecule has 0 radical (unpaired) electrons. The molecule has 0 bridgehead atoms. The minimum atomic E-state index is -0.839. The number of carbonyl (C=O) groups excluding carboxylic acids is 1. The number of nitrogens with zero attached hydrogens (tertiary/aromatic N) is 1. The topological polar surface area (TPSA) is 81.0 Å². The van der Waals surface area contributed by atoms with E-state index in [1.165, 1.54) is 0 Å². The van der Waals surface area contributed by atoms with Crippen molar-refractivity contribution in [3.8, 4) is 5.75 Å². The lowest BCUT2D eigenvalue weighted by Gasteiger charge is -1.97. The van der Waals surface area contributed by atoms with Crippen molar-refractivity contribution in [2.24, 2.45) is 5.73 Å². The zero-order valence-corrected chi connectivity index (χ0v) is 7.57. The second-order valence-corrected chi connectivity index (χ2v) is 2.92. The van der Waals surface area contributed by atoms with E-state index in [1.54, 1.807) is 6.20 Å². The van der Waals surface area contributed by atoms with Crippen molar-refractivity contribution in [1.29, 1.82) is 0 Å². The molecule has 0 aliphatic carbocycles. The molecule has 5 heteroatoms. The predicted octanol–water partition coefficient (Wildman–Crippen LogP) is 1.33. The fourth-order valence-corrected chi connectivity index (χ4v) is 1.26. The lowest BCUT2D eigenvalue weighted by Crippen LogP contribution is -2.16. The molecular weight excluding hydrogens is 182 g/mol. The quantitative estimate of drug-likeness (QED) is 0.713. The number of aromatic amines is 1. The van der Waals surface area contributed by atoms with Crippen LogP contribution in [0.15, 0.2) is 18.3 Å². The first-order valence-corrected chi connectivity index (χ1v) is 4.09. The zero-order chi connectivity index (χ0) is 10.1. The Bertz CT molecular complexity index is 490. The summed E-state index contributed by atoms with van der Waals surface area (Å²) in [5, 5.41) is 0. The Morgan fingerprint density at radius 2 is 2.36 bits per heavy atom. The highest BCUT2D eigenvalue weighted by atomic mass is 16.5. The van der Waals surface area contributed by atoms with Gasteiger partial charge in [0, 0.05) is 11.9 Å². The number of H-pyrrole nitrogens is 1. The Hall–Kier alpha value is -2.04. The van der Waals surface area contributed by atoms with Crippen LogP contribution in [0, 0.1) is 6.92 Å². The standard InChI is InChI=1S/C9H9N3O2/c1-5-2-3-6-8(12-5)7(4-11-6)14-9(10)13/h2-4,11H,1H3,(H2,10,13).